The molecule has 0 N–H and O–H groups in total. The molecule has 0 fully saturated rings. The first-order valence-electron chi connectivity index (χ1n) is 5.37. The fraction of sp³-hybridized carbons (Fsp3) is 0.385. The summed E-state index contributed by atoms with van der Waals surface area (Å²) in [7, 11) is 1.31. The van der Waals surface area contributed by atoms with Crippen molar-refractivity contribution in [1.29, 1.82) is 0 Å². The van der Waals surface area contributed by atoms with Gasteiger partial charge in [-0.3, -0.25) is 9.59 Å². The van der Waals surface area contributed by atoms with E-state index in [2.05, 4.69) is 4.74 Å². The number of ketones is 1. The standard InChI is InChI=1S/C13H16O3/c1-3-7-11(13(15)16-2)12(14)10-8-5-4-6-9-10/h4-6,8-9,11H,3,7H2,1-2H3. The van der Waals surface area contributed by atoms with Gasteiger partial charge >= 0.3 is 5.97 Å². The zero-order valence-corrected chi connectivity index (χ0v) is 9.60. The summed E-state index contributed by atoms with van der Waals surface area (Å²) in [4.78, 5) is 23.5. The van der Waals surface area contributed by atoms with Gasteiger partial charge in [0.2, 0.25) is 0 Å². The van der Waals surface area contributed by atoms with Crippen molar-refractivity contribution in [2.45, 2.75) is 19.8 Å². The Kier molecular flexibility index (Phi) is 4.70. The van der Waals surface area contributed by atoms with Gasteiger partial charge in [-0.2, -0.15) is 0 Å². The van der Waals surface area contributed by atoms with Crippen molar-refractivity contribution in [3.8, 4) is 0 Å². The monoisotopic (exact) mass is 220 g/mol. The molecule has 0 radical (unpaired) electrons. The molecule has 0 aliphatic rings. The normalized spacial score (nSPS) is 11.9. The predicted octanol–water partition coefficient (Wildman–Crippen LogP) is 2.46. The van der Waals surface area contributed by atoms with Gasteiger partial charge in [0.1, 0.15) is 5.92 Å². The van der Waals surface area contributed by atoms with Gasteiger partial charge in [0.15, 0.2) is 5.78 Å². The highest BCUT2D eigenvalue weighted by Crippen LogP contribution is 2.15. The van der Waals surface area contributed by atoms with E-state index in [9.17, 15) is 9.59 Å². The van der Waals surface area contributed by atoms with Crippen LogP contribution >= 0.6 is 0 Å². The van der Waals surface area contributed by atoms with Gasteiger partial charge in [0, 0.05) is 5.56 Å². The number of esters is 1. The summed E-state index contributed by atoms with van der Waals surface area (Å²) in [5.74, 6) is -1.28. The highest BCUT2D eigenvalue weighted by molar-refractivity contribution is 6.08. The smallest absolute Gasteiger partial charge is 0.316 e. The van der Waals surface area contributed by atoms with Crippen LogP contribution in [0.1, 0.15) is 30.1 Å². The van der Waals surface area contributed by atoms with Crippen molar-refractivity contribution in [1.82, 2.24) is 0 Å². The fourth-order valence-corrected chi connectivity index (χ4v) is 1.59. The second kappa shape index (κ2) is 6.05. The van der Waals surface area contributed by atoms with E-state index in [1.54, 1.807) is 24.3 Å². The van der Waals surface area contributed by atoms with E-state index in [0.29, 0.717) is 12.0 Å². The Hall–Kier alpha value is -1.64. The minimum absolute atomic E-state index is 0.158. The third-order valence-corrected chi connectivity index (χ3v) is 2.44. The largest absolute Gasteiger partial charge is 0.468 e. The maximum atomic E-state index is 12.0. The first-order chi connectivity index (χ1) is 7.70. The molecule has 0 aromatic heterocycles. The molecule has 0 saturated carbocycles. The molecule has 0 bridgehead atoms. The molecule has 3 nitrogen and oxygen atoms in total. The zero-order chi connectivity index (χ0) is 12.0. The quantitative estimate of drug-likeness (QED) is 0.435. The third-order valence-electron chi connectivity index (χ3n) is 2.44. The highest BCUT2D eigenvalue weighted by Gasteiger charge is 2.27. The number of methoxy groups -OCH3 is 1. The van der Waals surface area contributed by atoms with Gasteiger partial charge in [-0.15, -0.1) is 0 Å². The lowest BCUT2D eigenvalue weighted by molar-refractivity contribution is -0.143. The van der Waals surface area contributed by atoms with E-state index in [0.717, 1.165) is 6.42 Å². The van der Waals surface area contributed by atoms with Crippen LogP contribution in [-0.2, 0) is 9.53 Å². The topological polar surface area (TPSA) is 43.4 Å². The zero-order valence-electron chi connectivity index (χ0n) is 9.60. The maximum Gasteiger partial charge on any atom is 0.316 e. The van der Waals surface area contributed by atoms with Gasteiger partial charge in [-0.1, -0.05) is 43.7 Å². The summed E-state index contributed by atoms with van der Waals surface area (Å²) in [6, 6.07) is 8.84. The first kappa shape index (κ1) is 12.4. The average Bonchev–Trinajstić information content (AvgIpc) is 2.35. The van der Waals surface area contributed by atoms with Crippen LogP contribution in [0.2, 0.25) is 0 Å². The summed E-state index contributed by atoms with van der Waals surface area (Å²) < 4.78 is 4.65. The molecule has 1 atom stereocenters. The molecule has 0 amide bonds. The van der Waals surface area contributed by atoms with E-state index < -0.39 is 11.9 Å². The van der Waals surface area contributed by atoms with Crippen molar-refractivity contribution >= 4 is 11.8 Å². The van der Waals surface area contributed by atoms with Gasteiger partial charge in [0.25, 0.3) is 0 Å². The van der Waals surface area contributed by atoms with E-state index in [1.165, 1.54) is 7.11 Å². The number of benzene rings is 1. The summed E-state index contributed by atoms with van der Waals surface area (Å²) in [6.07, 6.45) is 1.30. The molecule has 0 spiro atoms. The summed E-state index contributed by atoms with van der Waals surface area (Å²) in [6.45, 7) is 1.94. The number of Topliss-reactive ketones (excluding diaryl/α,β-unsaturated/α-hetero) is 1. The lowest BCUT2D eigenvalue weighted by Crippen LogP contribution is -2.25. The van der Waals surface area contributed by atoms with E-state index in [4.69, 9.17) is 0 Å². The summed E-state index contributed by atoms with van der Waals surface area (Å²) in [5.41, 5.74) is 0.561. The fourth-order valence-electron chi connectivity index (χ4n) is 1.59. The Morgan fingerprint density at radius 2 is 1.88 bits per heavy atom. The predicted molar refractivity (Wildman–Crippen MR) is 61.2 cm³/mol. The van der Waals surface area contributed by atoms with Gasteiger partial charge < -0.3 is 4.74 Å². The molecule has 0 aliphatic heterocycles. The van der Waals surface area contributed by atoms with E-state index in [1.807, 2.05) is 13.0 Å². The molecular formula is C13H16O3. The van der Waals surface area contributed by atoms with Crippen molar-refractivity contribution in [2.24, 2.45) is 5.92 Å². The minimum atomic E-state index is -0.669. The number of ether oxygens (including phenoxy) is 1. The molecular weight excluding hydrogens is 204 g/mol. The minimum Gasteiger partial charge on any atom is -0.468 e. The molecule has 1 rings (SSSR count). The molecule has 1 unspecified atom stereocenters. The lowest BCUT2D eigenvalue weighted by atomic mass is 9.94. The second-order valence-corrected chi connectivity index (χ2v) is 3.59. The van der Waals surface area contributed by atoms with Crippen LogP contribution in [0.15, 0.2) is 30.3 Å². The van der Waals surface area contributed by atoms with Crippen LogP contribution in [-0.4, -0.2) is 18.9 Å². The summed E-state index contributed by atoms with van der Waals surface area (Å²) in [5, 5.41) is 0. The summed E-state index contributed by atoms with van der Waals surface area (Å²) >= 11 is 0. The van der Waals surface area contributed by atoms with Crippen LogP contribution in [0.4, 0.5) is 0 Å². The van der Waals surface area contributed by atoms with Crippen LogP contribution in [0.5, 0.6) is 0 Å². The number of carbonyl (C=O) groups excluding carboxylic acids is 2. The Balaban J connectivity index is 2.87. The Bertz CT molecular complexity index is 357. The molecule has 0 aliphatic carbocycles. The van der Waals surface area contributed by atoms with E-state index >= 15 is 0 Å². The average molecular weight is 220 g/mol. The molecule has 16 heavy (non-hydrogen) atoms. The Morgan fingerprint density at radius 1 is 1.25 bits per heavy atom. The van der Waals surface area contributed by atoms with Crippen molar-refractivity contribution in [2.75, 3.05) is 7.11 Å². The van der Waals surface area contributed by atoms with Crippen molar-refractivity contribution in [3.05, 3.63) is 35.9 Å². The van der Waals surface area contributed by atoms with Crippen molar-refractivity contribution < 1.29 is 14.3 Å². The van der Waals surface area contributed by atoms with Crippen LogP contribution < -0.4 is 0 Å². The molecule has 3 heteroatoms. The molecule has 0 heterocycles. The Labute approximate surface area is 95.4 Å². The Morgan fingerprint density at radius 3 is 2.38 bits per heavy atom. The SMILES string of the molecule is CCCC(C(=O)OC)C(=O)c1ccccc1. The van der Waals surface area contributed by atoms with E-state index in [-0.39, 0.29) is 5.78 Å². The molecule has 0 saturated heterocycles. The van der Waals surface area contributed by atoms with Crippen LogP contribution in [0.25, 0.3) is 0 Å². The van der Waals surface area contributed by atoms with Crippen LogP contribution in [0.3, 0.4) is 0 Å². The maximum absolute atomic E-state index is 12.0. The molecule has 1 aromatic carbocycles. The highest BCUT2D eigenvalue weighted by atomic mass is 16.5. The van der Waals surface area contributed by atoms with Crippen LogP contribution in [0, 0.1) is 5.92 Å². The number of rotatable bonds is 5. The third kappa shape index (κ3) is 2.92. The molecule has 86 valence electrons. The van der Waals surface area contributed by atoms with Crippen molar-refractivity contribution in [3.63, 3.8) is 0 Å². The van der Waals surface area contributed by atoms with Gasteiger partial charge in [0.05, 0.1) is 7.11 Å². The van der Waals surface area contributed by atoms with Gasteiger partial charge in [-0.25, -0.2) is 0 Å². The lowest BCUT2D eigenvalue weighted by Gasteiger charge is -2.12. The molecule has 1 aromatic rings. The van der Waals surface area contributed by atoms with Gasteiger partial charge in [-0.05, 0) is 6.42 Å². The number of hydrogen-bond acceptors (Lipinski definition) is 3. The number of hydrogen-bond donors (Lipinski definition) is 0. The second-order valence-electron chi connectivity index (χ2n) is 3.59. The first-order valence-corrected chi connectivity index (χ1v) is 5.37. The number of carbonyl (C=O) groups is 2.